The number of imide groups is 1. The van der Waals surface area contributed by atoms with E-state index in [1.54, 1.807) is 24.3 Å². The van der Waals surface area contributed by atoms with E-state index in [2.05, 4.69) is 20.6 Å². The van der Waals surface area contributed by atoms with Gasteiger partial charge in [-0.1, -0.05) is 54.6 Å². The quantitative estimate of drug-likeness (QED) is 0.305. The number of carbonyl (C=O) groups excluding carboxylic acids is 3. The average molecular weight is 551 g/mol. The number of H-pyrrole nitrogens is 1. The fourth-order valence-corrected chi connectivity index (χ4v) is 5.43. The highest BCUT2D eigenvalue weighted by molar-refractivity contribution is 7.90. The second-order valence-electron chi connectivity index (χ2n) is 8.79. The Bertz CT molecular complexity index is 1890. The maximum atomic E-state index is 13.6. The first kappa shape index (κ1) is 24.8. The molecule has 4 aromatic carbocycles. The molecule has 40 heavy (non-hydrogen) atoms. The number of fused-ring (bicyclic) bond motifs is 1. The summed E-state index contributed by atoms with van der Waals surface area (Å²) in [6, 6.07) is 25.9. The van der Waals surface area contributed by atoms with E-state index in [0.717, 1.165) is 16.0 Å². The fraction of sp³-hybridized carbons (Fsp3) is 0. The molecule has 196 valence electrons. The van der Waals surface area contributed by atoms with E-state index >= 15 is 0 Å². The van der Waals surface area contributed by atoms with E-state index < -0.39 is 27.7 Å². The first-order valence-corrected chi connectivity index (χ1v) is 13.4. The summed E-state index contributed by atoms with van der Waals surface area (Å²) in [5.41, 5.74) is 2.25. The third-order valence-electron chi connectivity index (χ3n) is 6.36. The Morgan fingerprint density at radius 2 is 1.45 bits per heavy atom. The highest BCUT2D eigenvalue weighted by Gasteiger charge is 2.39. The number of anilines is 1. The number of carbonyl (C=O) groups is 3. The Hall–Kier alpha value is -5.49. The van der Waals surface area contributed by atoms with Crippen molar-refractivity contribution in [3.8, 4) is 22.5 Å². The van der Waals surface area contributed by atoms with Gasteiger partial charge in [0, 0.05) is 11.1 Å². The largest absolute Gasteiger partial charge is 0.268 e. The lowest BCUT2D eigenvalue weighted by Crippen LogP contribution is -2.31. The van der Waals surface area contributed by atoms with Crippen molar-refractivity contribution >= 4 is 33.4 Å². The van der Waals surface area contributed by atoms with Gasteiger partial charge in [-0.3, -0.25) is 14.4 Å². The summed E-state index contributed by atoms with van der Waals surface area (Å²) in [6.07, 6.45) is 0. The lowest BCUT2D eigenvalue weighted by molar-refractivity contribution is 0.0924. The Balaban J connectivity index is 1.35. The molecule has 6 rings (SSSR count). The minimum absolute atomic E-state index is 0.0408. The highest BCUT2D eigenvalue weighted by Crippen LogP contribution is 2.37. The Kier molecular flexibility index (Phi) is 6.00. The summed E-state index contributed by atoms with van der Waals surface area (Å²) in [6.45, 7) is 0. The maximum Gasteiger partial charge on any atom is 0.266 e. The number of benzene rings is 4. The van der Waals surface area contributed by atoms with Gasteiger partial charge in [-0.25, -0.2) is 18.0 Å². The predicted octanol–water partition coefficient (Wildman–Crippen LogP) is 3.45. The van der Waals surface area contributed by atoms with E-state index in [1.165, 1.54) is 42.5 Å². The molecular weight excluding hydrogens is 532 g/mol. The number of aromatic nitrogens is 4. The molecule has 0 unspecified atom stereocenters. The van der Waals surface area contributed by atoms with Gasteiger partial charge in [0.2, 0.25) is 5.82 Å². The number of hydrogen-bond acceptors (Lipinski definition) is 8. The highest BCUT2D eigenvalue weighted by atomic mass is 32.2. The number of hydrogen-bond donors (Lipinski definition) is 2. The fourth-order valence-electron chi connectivity index (χ4n) is 4.44. The van der Waals surface area contributed by atoms with Crippen LogP contribution in [0.15, 0.2) is 102 Å². The minimum atomic E-state index is -4.14. The zero-order valence-corrected chi connectivity index (χ0v) is 21.3. The number of nitrogens with one attached hydrogen (secondary N) is 2. The van der Waals surface area contributed by atoms with Crippen LogP contribution in [0.5, 0.6) is 0 Å². The van der Waals surface area contributed by atoms with Crippen molar-refractivity contribution in [3.05, 3.63) is 114 Å². The van der Waals surface area contributed by atoms with E-state index in [-0.39, 0.29) is 33.1 Å². The normalized spacial score (nSPS) is 12.8. The van der Waals surface area contributed by atoms with Gasteiger partial charge < -0.3 is 0 Å². The second kappa shape index (κ2) is 9.67. The van der Waals surface area contributed by atoms with Crippen molar-refractivity contribution in [2.24, 2.45) is 0 Å². The molecule has 0 fully saturated rings. The lowest BCUT2D eigenvalue weighted by atomic mass is 10.0. The number of tetrazole rings is 1. The lowest BCUT2D eigenvalue weighted by Gasteiger charge is -2.18. The molecule has 1 aliphatic heterocycles. The molecule has 2 N–H and O–H groups in total. The zero-order chi connectivity index (χ0) is 27.9. The Morgan fingerprint density at radius 3 is 2.15 bits per heavy atom. The predicted molar refractivity (Wildman–Crippen MR) is 144 cm³/mol. The number of amides is 3. The van der Waals surface area contributed by atoms with E-state index in [0.29, 0.717) is 5.56 Å². The van der Waals surface area contributed by atoms with Gasteiger partial charge in [0.05, 0.1) is 21.7 Å². The first-order chi connectivity index (χ1) is 19.3. The van der Waals surface area contributed by atoms with Crippen molar-refractivity contribution in [3.63, 3.8) is 0 Å². The van der Waals surface area contributed by atoms with Crippen molar-refractivity contribution in [1.29, 1.82) is 0 Å². The molecule has 11 nitrogen and oxygen atoms in total. The molecule has 3 amide bonds. The van der Waals surface area contributed by atoms with Crippen LogP contribution in [0.1, 0.15) is 31.1 Å². The monoisotopic (exact) mass is 550 g/mol. The summed E-state index contributed by atoms with van der Waals surface area (Å²) in [7, 11) is -4.14. The van der Waals surface area contributed by atoms with E-state index in [4.69, 9.17) is 0 Å². The molecule has 1 aromatic heterocycles. The van der Waals surface area contributed by atoms with E-state index in [1.807, 2.05) is 35.1 Å². The molecule has 12 heteroatoms. The average Bonchev–Trinajstić information content (AvgIpc) is 3.60. The molecule has 0 aliphatic carbocycles. The Morgan fingerprint density at radius 1 is 0.750 bits per heavy atom. The number of rotatable bonds is 6. The molecule has 1 aliphatic rings. The molecular formula is C28H18N6O5S. The standard InChI is InChI=1S/C28H18N6O5S/c35-26(31-40(38,39)20-9-5-2-6-10-20)19-11-13-21-22(16-19)28(37)34(27(21)36)24-14-12-18(17-7-3-1-4-8-17)15-23(24)25-29-32-33-30-25/h1-16H,(H,31,35)(H,29,30,32,33). The van der Waals surface area contributed by atoms with Gasteiger partial charge in [0.25, 0.3) is 27.7 Å². The summed E-state index contributed by atoms with van der Waals surface area (Å²) in [5, 5.41) is 14.1. The van der Waals surface area contributed by atoms with Crippen molar-refractivity contribution in [2.45, 2.75) is 4.90 Å². The van der Waals surface area contributed by atoms with Crippen LogP contribution in [0.4, 0.5) is 5.69 Å². The first-order valence-electron chi connectivity index (χ1n) is 11.9. The van der Waals surface area contributed by atoms with Crippen LogP contribution in [-0.2, 0) is 10.0 Å². The summed E-state index contributed by atoms with van der Waals surface area (Å²) in [4.78, 5) is 40.7. The minimum Gasteiger partial charge on any atom is -0.268 e. The maximum absolute atomic E-state index is 13.6. The Labute approximate surface area is 227 Å². The van der Waals surface area contributed by atoms with Crippen molar-refractivity contribution < 1.29 is 22.8 Å². The number of nitrogens with zero attached hydrogens (tertiary/aromatic N) is 4. The van der Waals surface area contributed by atoms with Crippen LogP contribution in [0, 0.1) is 0 Å². The summed E-state index contributed by atoms with van der Waals surface area (Å²) < 4.78 is 27.2. The van der Waals surface area contributed by atoms with Crippen LogP contribution < -0.4 is 9.62 Å². The molecule has 0 spiro atoms. The van der Waals surface area contributed by atoms with Crippen LogP contribution >= 0.6 is 0 Å². The van der Waals surface area contributed by atoms with Gasteiger partial charge in [0.1, 0.15) is 0 Å². The van der Waals surface area contributed by atoms with Crippen LogP contribution in [0.2, 0.25) is 0 Å². The second-order valence-corrected chi connectivity index (χ2v) is 10.5. The topological polar surface area (TPSA) is 155 Å². The number of sulfonamides is 1. The third-order valence-corrected chi connectivity index (χ3v) is 7.71. The van der Waals surface area contributed by atoms with Gasteiger partial charge in [0.15, 0.2) is 0 Å². The van der Waals surface area contributed by atoms with Crippen LogP contribution in [0.3, 0.4) is 0 Å². The zero-order valence-electron chi connectivity index (χ0n) is 20.5. The SMILES string of the molecule is O=C(NS(=O)(=O)c1ccccc1)c1ccc2c(c1)C(=O)N(c1ccc(-c3ccccc3)cc1-c1nn[nH]n1)C2=O. The molecule has 2 heterocycles. The smallest absolute Gasteiger partial charge is 0.266 e. The third kappa shape index (κ3) is 4.31. The van der Waals surface area contributed by atoms with Gasteiger partial charge in [-0.05, 0) is 58.8 Å². The van der Waals surface area contributed by atoms with Crippen LogP contribution in [-0.4, -0.2) is 46.8 Å². The number of aromatic amines is 1. The van der Waals surface area contributed by atoms with Crippen LogP contribution in [0.25, 0.3) is 22.5 Å². The van der Waals surface area contributed by atoms with Crippen molar-refractivity contribution in [1.82, 2.24) is 25.3 Å². The molecule has 0 radical (unpaired) electrons. The molecule has 5 aromatic rings. The summed E-state index contributed by atoms with van der Waals surface area (Å²) >= 11 is 0. The summed E-state index contributed by atoms with van der Waals surface area (Å²) in [5.74, 6) is -2.06. The molecule has 0 saturated heterocycles. The van der Waals surface area contributed by atoms with Crippen molar-refractivity contribution in [2.75, 3.05) is 4.90 Å². The molecule has 0 atom stereocenters. The van der Waals surface area contributed by atoms with E-state index in [9.17, 15) is 22.8 Å². The van der Waals surface area contributed by atoms with Gasteiger partial charge in [-0.15, -0.1) is 10.2 Å². The van der Waals surface area contributed by atoms with Gasteiger partial charge in [-0.2, -0.15) is 5.21 Å². The molecule has 0 saturated carbocycles. The van der Waals surface area contributed by atoms with Gasteiger partial charge >= 0.3 is 0 Å². The molecule has 0 bridgehead atoms.